The summed E-state index contributed by atoms with van der Waals surface area (Å²) in [5.74, 6) is 1.49. The van der Waals surface area contributed by atoms with Crippen LogP contribution in [0.1, 0.15) is 25.3 Å². The van der Waals surface area contributed by atoms with Crippen LogP contribution in [0.3, 0.4) is 0 Å². The molecule has 1 atom stereocenters. The lowest BCUT2D eigenvalue weighted by molar-refractivity contribution is -0.130. The number of carbonyl (C=O) groups excluding carboxylic acids is 1. The van der Waals surface area contributed by atoms with Crippen LogP contribution in [-0.2, 0) is 20.4 Å². The van der Waals surface area contributed by atoms with Gasteiger partial charge in [-0.05, 0) is 24.5 Å². The fraction of sp³-hybridized carbons (Fsp3) is 0.529. The average Bonchev–Trinajstić information content (AvgIpc) is 2.97. The van der Waals surface area contributed by atoms with Crippen LogP contribution < -0.4 is 0 Å². The van der Waals surface area contributed by atoms with Crippen LogP contribution in [0.15, 0.2) is 29.3 Å². The van der Waals surface area contributed by atoms with Crippen molar-refractivity contribution in [1.29, 1.82) is 0 Å². The van der Waals surface area contributed by atoms with E-state index in [1.54, 1.807) is 16.7 Å². The summed E-state index contributed by atoms with van der Waals surface area (Å²) in [4.78, 5) is 19.0. The maximum atomic E-state index is 12.7. The number of hydrogen-bond acceptors (Lipinski definition) is 6. The van der Waals surface area contributed by atoms with Crippen molar-refractivity contribution in [2.75, 3.05) is 23.8 Å². The third kappa shape index (κ3) is 4.80. The molecule has 1 amide bonds. The summed E-state index contributed by atoms with van der Waals surface area (Å²) in [5.41, 5.74) is 2.19. The zero-order valence-corrected chi connectivity index (χ0v) is 16.6. The molecule has 0 saturated carbocycles. The lowest BCUT2D eigenvalue weighted by atomic mass is 10.2. The van der Waals surface area contributed by atoms with Crippen molar-refractivity contribution in [3.63, 3.8) is 0 Å². The molecule has 0 radical (unpaired) electrons. The topological polar surface area (TPSA) is 66.8 Å². The van der Waals surface area contributed by atoms with Crippen molar-refractivity contribution in [3.05, 3.63) is 29.8 Å². The quantitative estimate of drug-likeness (QED) is 0.762. The van der Waals surface area contributed by atoms with Gasteiger partial charge >= 0.3 is 0 Å². The Morgan fingerprint density at radius 2 is 2.20 bits per heavy atom. The molecule has 1 aromatic carbocycles. The second kappa shape index (κ2) is 8.14. The molecule has 2 heterocycles. The number of fused-ring (bicyclic) bond motifs is 1. The third-order valence-corrected chi connectivity index (χ3v) is 8.29. The van der Waals surface area contributed by atoms with E-state index >= 15 is 0 Å². The Bertz CT molecular complexity index is 777. The van der Waals surface area contributed by atoms with E-state index in [-0.39, 0.29) is 23.5 Å². The first-order valence-corrected chi connectivity index (χ1v) is 12.2. The van der Waals surface area contributed by atoms with E-state index < -0.39 is 9.84 Å². The SMILES string of the molecule is CCCN(C(=O)CSC1=Nc2ccccc2CS1)[C@H]1CCS(=O)(=O)C1. The number of amides is 1. The molecule has 2 aliphatic rings. The number of rotatable bonds is 5. The van der Waals surface area contributed by atoms with Gasteiger partial charge in [-0.1, -0.05) is 48.6 Å². The van der Waals surface area contributed by atoms with E-state index in [2.05, 4.69) is 11.1 Å². The molecule has 0 aliphatic carbocycles. The minimum atomic E-state index is -2.99. The summed E-state index contributed by atoms with van der Waals surface area (Å²) in [6, 6.07) is 7.87. The van der Waals surface area contributed by atoms with Crippen LogP contribution in [0, 0.1) is 0 Å². The number of nitrogens with zero attached hydrogens (tertiary/aromatic N) is 2. The van der Waals surface area contributed by atoms with Crippen LogP contribution in [0.4, 0.5) is 5.69 Å². The van der Waals surface area contributed by atoms with E-state index in [0.29, 0.717) is 18.7 Å². The van der Waals surface area contributed by atoms with Gasteiger partial charge in [0.05, 0.1) is 22.9 Å². The fourth-order valence-electron chi connectivity index (χ4n) is 3.07. The van der Waals surface area contributed by atoms with Gasteiger partial charge in [-0.3, -0.25) is 4.79 Å². The zero-order chi connectivity index (χ0) is 17.9. The number of benzene rings is 1. The number of thioether (sulfide) groups is 2. The van der Waals surface area contributed by atoms with Crippen LogP contribution in [0.2, 0.25) is 0 Å². The maximum Gasteiger partial charge on any atom is 0.233 e. The molecule has 136 valence electrons. The van der Waals surface area contributed by atoms with Gasteiger partial charge in [0.25, 0.3) is 0 Å². The number of aliphatic imine (C=N–C) groups is 1. The molecule has 0 unspecified atom stereocenters. The second-order valence-electron chi connectivity index (χ2n) is 6.23. The van der Waals surface area contributed by atoms with E-state index in [9.17, 15) is 13.2 Å². The molecular formula is C17H22N2O3S3. The largest absolute Gasteiger partial charge is 0.338 e. The summed E-state index contributed by atoms with van der Waals surface area (Å²) in [6.07, 6.45) is 1.39. The molecule has 0 spiro atoms. The van der Waals surface area contributed by atoms with Gasteiger partial charge in [-0.2, -0.15) is 0 Å². The molecule has 5 nitrogen and oxygen atoms in total. The first-order chi connectivity index (χ1) is 12.0. The summed E-state index contributed by atoms with van der Waals surface area (Å²) in [7, 11) is -2.99. The Morgan fingerprint density at radius 3 is 2.92 bits per heavy atom. The highest BCUT2D eigenvalue weighted by Gasteiger charge is 2.34. The van der Waals surface area contributed by atoms with Crippen molar-refractivity contribution < 1.29 is 13.2 Å². The molecule has 1 aromatic rings. The first kappa shape index (κ1) is 18.8. The van der Waals surface area contributed by atoms with Crippen LogP contribution in [0.5, 0.6) is 0 Å². The Hall–Kier alpha value is -0.990. The van der Waals surface area contributed by atoms with Gasteiger partial charge in [-0.15, -0.1) is 0 Å². The Kier molecular flexibility index (Phi) is 6.12. The first-order valence-electron chi connectivity index (χ1n) is 8.40. The molecule has 1 saturated heterocycles. The third-order valence-electron chi connectivity index (χ3n) is 4.31. The van der Waals surface area contributed by atoms with E-state index in [4.69, 9.17) is 0 Å². The Labute approximate surface area is 157 Å². The summed E-state index contributed by atoms with van der Waals surface area (Å²) in [6.45, 7) is 2.62. The molecule has 1 fully saturated rings. The molecule has 0 N–H and O–H groups in total. The Morgan fingerprint density at radius 1 is 1.40 bits per heavy atom. The van der Waals surface area contributed by atoms with Gasteiger partial charge in [-0.25, -0.2) is 13.4 Å². The van der Waals surface area contributed by atoms with Crippen molar-refractivity contribution in [3.8, 4) is 0 Å². The highest BCUT2D eigenvalue weighted by molar-refractivity contribution is 8.38. The normalized spacial score (nSPS) is 21.5. The highest BCUT2D eigenvalue weighted by Crippen LogP contribution is 2.34. The average molecular weight is 399 g/mol. The lowest BCUT2D eigenvalue weighted by Gasteiger charge is -2.28. The van der Waals surface area contributed by atoms with Crippen molar-refractivity contribution in [2.45, 2.75) is 31.6 Å². The summed E-state index contributed by atoms with van der Waals surface area (Å²) >= 11 is 3.11. The van der Waals surface area contributed by atoms with E-state index in [0.717, 1.165) is 22.2 Å². The summed E-state index contributed by atoms with van der Waals surface area (Å²) < 4.78 is 24.4. The zero-order valence-electron chi connectivity index (χ0n) is 14.2. The monoisotopic (exact) mass is 398 g/mol. The van der Waals surface area contributed by atoms with Crippen molar-refractivity contribution in [2.24, 2.45) is 4.99 Å². The van der Waals surface area contributed by atoms with Crippen LogP contribution in [-0.4, -0.2) is 53.4 Å². The number of hydrogen-bond donors (Lipinski definition) is 0. The van der Waals surface area contributed by atoms with Gasteiger partial charge in [0.15, 0.2) is 9.84 Å². The minimum absolute atomic E-state index is 0.0103. The van der Waals surface area contributed by atoms with E-state index in [1.807, 2.05) is 25.1 Å². The van der Waals surface area contributed by atoms with Gasteiger partial charge < -0.3 is 4.90 Å². The molecule has 0 bridgehead atoms. The van der Waals surface area contributed by atoms with Crippen molar-refractivity contribution in [1.82, 2.24) is 4.90 Å². The molecule has 25 heavy (non-hydrogen) atoms. The highest BCUT2D eigenvalue weighted by atomic mass is 32.2. The van der Waals surface area contributed by atoms with Gasteiger partial charge in [0.2, 0.25) is 5.91 Å². The maximum absolute atomic E-state index is 12.7. The summed E-state index contributed by atoms with van der Waals surface area (Å²) in [5, 5.41) is 0. The second-order valence-corrected chi connectivity index (χ2v) is 10.6. The molecule has 3 rings (SSSR count). The van der Waals surface area contributed by atoms with Gasteiger partial charge in [0, 0.05) is 18.3 Å². The van der Waals surface area contributed by atoms with E-state index in [1.165, 1.54) is 17.3 Å². The van der Waals surface area contributed by atoms with Crippen LogP contribution >= 0.6 is 23.5 Å². The number of sulfone groups is 1. The Balaban J connectivity index is 1.62. The molecule has 0 aromatic heterocycles. The predicted molar refractivity (Wildman–Crippen MR) is 106 cm³/mol. The molecular weight excluding hydrogens is 376 g/mol. The predicted octanol–water partition coefficient (Wildman–Crippen LogP) is 3.08. The number of para-hydroxylation sites is 1. The van der Waals surface area contributed by atoms with Crippen LogP contribution in [0.25, 0.3) is 0 Å². The smallest absolute Gasteiger partial charge is 0.233 e. The lowest BCUT2D eigenvalue weighted by Crippen LogP contribution is -2.42. The standard InChI is InChI=1S/C17H22N2O3S3/c1-2-8-19(14-7-9-25(21,22)12-14)16(20)11-24-17-18-15-6-4-3-5-13(15)10-23-17/h3-6,14H,2,7-12H2,1H3/t14-/m0/s1. The van der Waals surface area contributed by atoms with Gasteiger partial charge in [0.1, 0.15) is 4.38 Å². The molecule has 8 heteroatoms. The fourth-order valence-corrected chi connectivity index (χ4v) is 6.74. The molecule has 2 aliphatic heterocycles. The van der Waals surface area contributed by atoms with Crippen molar-refractivity contribution >= 4 is 49.3 Å². The minimum Gasteiger partial charge on any atom is -0.338 e. The number of carbonyl (C=O) groups is 1.